The Balaban J connectivity index is 1.83. The molecule has 1 saturated heterocycles. The Kier molecular flexibility index (Phi) is 7.53. The third-order valence-corrected chi connectivity index (χ3v) is 4.60. The van der Waals surface area contributed by atoms with Gasteiger partial charge in [-0.1, -0.05) is 43.7 Å². The molecule has 3 atom stereocenters. The van der Waals surface area contributed by atoms with Crippen LogP contribution in [0.5, 0.6) is 0 Å². The molecule has 5 nitrogen and oxygen atoms in total. The lowest BCUT2D eigenvalue weighted by Gasteiger charge is -2.39. The highest BCUT2D eigenvalue weighted by molar-refractivity contribution is 5.67. The normalized spacial score (nSPS) is 22.8. The molecule has 24 heavy (non-hydrogen) atoms. The predicted octanol–water partition coefficient (Wildman–Crippen LogP) is 2.78. The van der Waals surface area contributed by atoms with E-state index in [4.69, 9.17) is 4.74 Å². The molecule has 3 unspecified atom stereocenters. The molecular weight excluding hydrogens is 304 g/mol. The number of aliphatic hydroxyl groups is 1. The molecule has 2 rings (SSSR count). The summed E-state index contributed by atoms with van der Waals surface area (Å²) in [6, 6.07) is 9.69. The minimum absolute atomic E-state index is 0.0264. The van der Waals surface area contributed by atoms with Crippen LogP contribution in [0.25, 0.3) is 0 Å². The molecule has 0 radical (unpaired) electrons. The number of carbonyl (C=O) groups is 1. The van der Waals surface area contributed by atoms with Gasteiger partial charge in [0.2, 0.25) is 0 Å². The molecule has 1 aromatic rings. The fraction of sp³-hybridized carbons (Fsp3) is 0.632. The minimum Gasteiger partial charge on any atom is -0.445 e. The van der Waals surface area contributed by atoms with Crippen molar-refractivity contribution in [3.05, 3.63) is 35.9 Å². The lowest BCUT2D eigenvalue weighted by Crippen LogP contribution is -2.52. The van der Waals surface area contributed by atoms with Crippen molar-refractivity contribution >= 4 is 6.09 Å². The average Bonchev–Trinajstić information content (AvgIpc) is 2.59. The van der Waals surface area contributed by atoms with E-state index in [0.717, 1.165) is 44.5 Å². The van der Waals surface area contributed by atoms with Crippen LogP contribution in [0.15, 0.2) is 30.3 Å². The van der Waals surface area contributed by atoms with E-state index in [0.29, 0.717) is 0 Å². The summed E-state index contributed by atoms with van der Waals surface area (Å²) in [6.07, 6.45) is 2.33. The first-order valence-corrected chi connectivity index (χ1v) is 8.96. The van der Waals surface area contributed by atoms with E-state index in [2.05, 4.69) is 17.1 Å². The van der Waals surface area contributed by atoms with Crippen molar-refractivity contribution in [2.24, 2.45) is 5.92 Å². The van der Waals surface area contributed by atoms with E-state index in [-0.39, 0.29) is 30.8 Å². The van der Waals surface area contributed by atoms with E-state index < -0.39 is 0 Å². The number of ether oxygens (including phenoxy) is 1. The van der Waals surface area contributed by atoms with E-state index in [1.165, 1.54) is 0 Å². The van der Waals surface area contributed by atoms with Crippen molar-refractivity contribution in [3.8, 4) is 0 Å². The summed E-state index contributed by atoms with van der Waals surface area (Å²) in [5.74, 6) is 0.190. The molecule has 0 aromatic heterocycles. The summed E-state index contributed by atoms with van der Waals surface area (Å²) in [4.78, 5) is 14.4. The molecule has 1 heterocycles. The van der Waals surface area contributed by atoms with Gasteiger partial charge < -0.3 is 20.1 Å². The minimum atomic E-state index is -0.384. The topological polar surface area (TPSA) is 61.8 Å². The largest absolute Gasteiger partial charge is 0.445 e. The molecule has 5 heteroatoms. The quantitative estimate of drug-likeness (QED) is 0.805. The zero-order valence-electron chi connectivity index (χ0n) is 14.8. The number of nitrogens with zero attached hydrogens (tertiary/aromatic N) is 1. The maximum absolute atomic E-state index is 12.1. The number of amides is 1. The average molecular weight is 334 g/mol. The van der Waals surface area contributed by atoms with Crippen LogP contribution in [-0.4, -0.2) is 47.9 Å². The summed E-state index contributed by atoms with van der Waals surface area (Å²) in [7, 11) is 0. The number of hydrogen-bond donors (Lipinski definition) is 2. The zero-order valence-corrected chi connectivity index (χ0v) is 14.8. The second-order valence-corrected chi connectivity index (χ2v) is 6.75. The highest BCUT2D eigenvalue weighted by Gasteiger charge is 2.30. The number of unbranched alkanes of at least 4 members (excludes halogenated alkanes) is 1. The van der Waals surface area contributed by atoms with Crippen LogP contribution in [-0.2, 0) is 11.3 Å². The van der Waals surface area contributed by atoms with Gasteiger partial charge in [-0.25, -0.2) is 4.79 Å². The molecule has 0 saturated carbocycles. The van der Waals surface area contributed by atoms with E-state index in [1.807, 2.05) is 37.3 Å². The van der Waals surface area contributed by atoms with Crippen molar-refractivity contribution in [2.45, 2.75) is 51.9 Å². The van der Waals surface area contributed by atoms with Crippen LogP contribution in [0, 0.1) is 5.92 Å². The van der Waals surface area contributed by atoms with Gasteiger partial charge in [0.25, 0.3) is 0 Å². The first-order valence-electron chi connectivity index (χ1n) is 8.96. The summed E-state index contributed by atoms with van der Waals surface area (Å²) in [6.45, 7) is 7.01. The number of alkyl carbamates (subject to hydrolysis) is 1. The lowest BCUT2D eigenvalue weighted by atomic mass is 9.90. The smallest absolute Gasteiger partial charge is 0.407 e. The predicted molar refractivity (Wildman–Crippen MR) is 94.7 cm³/mol. The summed E-state index contributed by atoms with van der Waals surface area (Å²) < 4.78 is 5.31. The summed E-state index contributed by atoms with van der Waals surface area (Å²) in [5.41, 5.74) is 0.975. The molecule has 1 aromatic carbocycles. The molecule has 1 amide bonds. The number of aliphatic hydroxyl groups excluding tert-OH is 1. The first-order chi connectivity index (χ1) is 11.6. The van der Waals surface area contributed by atoms with Crippen LogP contribution in [0.3, 0.4) is 0 Å². The third kappa shape index (κ3) is 6.13. The number of nitrogens with one attached hydrogen (secondary N) is 1. The highest BCUT2D eigenvalue weighted by Crippen LogP contribution is 2.21. The van der Waals surface area contributed by atoms with Crippen molar-refractivity contribution in [2.75, 3.05) is 19.6 Å². The Labute approximate surface area is 145 Å². The van der Waals surface area contributed by atoms with E-state index in [1.54, 1.807) is 0 Å². The second-order valence-electron chi connectivity index (χ2n) is 6.75. The molecule has 134 valence electrons. The van der Waals surface area contributed by atoms with Gasteiger partial charge in [-0.2, -0.15) is 0 Å². The molecule has 1 aliphatic heterocycles. The third-order valence-electron chi connectivity index (χ3n) is 4.60. The summed E-state index contributed by atoms with van der Waals surface area (Å²) >= 11 is 0. The van der Waals surface area contributed by atoms with Crippen molar-refractivity contribution in [3.63, 3.8) is 0 Å². The Morgan fingerprint density at radius 1 is 1.38 bits per heavy atom. The van der Waals surface area contributed by atoms with Gasteiger partial charge in [-0.15, -0.1) is 0 Å². The second kappa shape index (κ2) is 9.64. The Morgan fingerprint density at radius 3 is 2.79 bits per heavy atom. The SMILES string of the molecule is CCCCN1CC(NC(=O)OCc2ccccc2)CC(C(C)O)C1. The van der Waals surface area contributed by atoms with Gasteiger partial charge in [-0.3, -0.25) is 0 Å². The number of likely N-dealkylation sites (tertiary alicyclic amines) is 1. The van der Waals surface area contributed by atoms with Crippen LogP contribution in [0.2, 0.25) is 0 Å². The fourth-order valence-corrected chi connectivity index (χ4v) is 3.18. The highest BCUT2D eigenvalue weighted by atomic mass is 16.5. The first kappa shape index (κ1) is 18.7. The van der Waals surface area contributed by atoms with Crippen LogP contribution < -0.4 is 5.32 Å². The van der Waals surface area contributed by atoms with Crippen molar-refractivity contribution in [1.29, 1.82) is 0 Å². The monoisotopic (exact) mass is 334 g/mol. The van der Waals surface area contributed by atoms with Gasteiger partial charge in [-0.05, 0) is 37.8 Å². The summed E-state index contributed by atoms with van der Waals surface area (Å²) in [5, 5.41) is 12.9. The Morgan fingerprint density at radius 2 is 2.12 bits per heavy atom. The number of piperidine rings is 1. The van der Waals surface area contributed by atoms with Crippen LogP contribution in [0.4, 0.5) is 4.79 Å². The number of carbonyl (C=O) groups excluding carboxylic acids is 1. The van der Waals surface area contributed by atoms with Gasteiger partial charge in [0, 0.05) is 19.1 Å². The fourth-order valence-electron chi connectivity index (χ4n) is 3.18. The maximum atomic E-state index is 12.1. The number of rotatable bonds is 7. The molecule has 0 spiro atoms. The number of hydrogen-bond acceptors (Lipinski definition) is 4. The maximum Gasteiger partial charge on any atom is 0.407 e. The standard InChI is InChI=1S/C19H30N2O3/c1-3-4-10-21-12-17(15(2)22)11-18(13-21)20-19(23)24-14-16-8-6-5-7-9-16/h5-9,15,17-18,22H,3-4,10-14H2,1-2H3,(H,20,23). The van der Waals surface area contributed by atoms with Gasteiger partial charge in [0.05, 0.1) is 6.10 Å². The molecule has 2 N–H and O–H groups in total. The molecule has 1 aliphatic rings. The Bertz CT molecular complexity index is 493. The van der Waals surface area contributed by atoms with Crippen LogP contribution in [0.1, 0.15) is 38.7 Å². The Hall–Kier alpha value is -1.59. The zero-order chi connectivity index (χ0) is 17.4. The van der Waals surface area contributed by atoms with Gasteiger partial charge in [0.15, 0.2) is 0 Å². The number of benzene rings is 1. The van der Waals surface area contributed by atoms with Gasteiger partial charge in [0.1, 0.15) is 6.61 Å². The van der Waals surface area contributed by atoms with Crippen LogP contribution >= 0.6 is 0 Å². The van der Waals surface area contributed by atoms with Gasteiger partial charge >= 0.3 is 6.09 Å². The molecule has 0 bridgehead atoms. The van der Waals surface area contributed by atoms with Crippen molar-refractivity contribution in [1.82, 2.24) is 10.2 Å². The van der Waals surface area contributed by atoms with E-state index >= 15 is 0 Å². The lowest BCUT2D eigenvalue weighted by molar-refractivity contribution is 0.0452. The van der Waals surface area contributed by atoms with Crippen molar-refractivity contribution < 1.29 is 14.6 Å². The van der Waals surface area contributed by atoms with E-state index in [9.17, 15) is 9.90 Å². The molecular formula is C19H30N2O3. The molecule has 0 aliphatic carbocycles. The molecule has 1 fully saturated rings.